The Hall–Kier alpha value is -1.59. The van der Waals surface area contributed by atoms with E-state index < -0.39 is 5.41 Å². The summed E-state index contributed by atoms with van der Waals surface area (Å²) in [6, 6.07) is 7.69. The Bertz CT molecular complexity index is 451. The summed E-state index contributed by atoms with van der Waals surface area (Å²) in [4.78, 5) is 12.5. The van der Waals surface area contributed by atoms with Crippen molar-refractivity contribution in [2.24, 2.45) is 11.1 Å². The largest absolute Gasteiger partial charge is 0.491 e. The Kier molecular flexibility index (Phi) is 7.91. The Balaban J connectivity index is 2.69. The third-order valence-corrected chi connectivity index (χ3v) is 4.18. The monoisotopic (exact) mass is 308 g/mol. The SMILES string of the molecule is CCC(CC)(CN)C(=O)NCc1ccccc1OCCOC. The predicted octanol–water partition coefficient (Wildman–Crippen LogP) is 2.09. The highest BCUT2D eigenvalue weighted by Gasteiger charge is 2.33. The van der Waals surface area contributed by atoms with Crippen LogP contribution in [0.15, 0.2) is 24.3 Å². The van der Waals surface area contributed by atoms with Crippen LogP contribution in [0.3, 0.4) is 0 Å². The van der Waals surface area contributed by atoms with Gasteiger partial charge in [-0.1, -0.05) is 32.0 Å². The second-order valence-electron chi connectivity index (χ2n) is 5.32. The maximum atomic E-state index is 12.5. The number of para-hydroxylation sites is 1. The number of rotatable bonds is 10. The van der Waals surface area contributed by atoms with Crippen molar-refractivity contribution in [2.45, 2.75) is 33.2 Å². The van der Waals surface area contributed by atoms with E-state index in [2.05, 4.69) is 5.32 Å². The molecule has 0 aliphatic rings. The molecule has 0 aromatic heterocycles. The van der Waals surface area contributed by atoms with Crippen LogP contribution >= 0.6 is 0 Å². The number of methoxy groups -OCH3 is 1. The van der Waals surface area contributed by atoms with Gasteiger partial charge in [-0.3, -0.25) is 4.79 Å². The lowest BCUT2D eigenvalue weighted by Gasteiger charge is -2.28. The molecule has 1 aromatic carbocycles. The van der Waals surface area contributed by atoms with Gasteiger partial charge in [0.1, 0.15) is 12.4 Å². The number of hydrogen-bond donors (Lipinski definition) is 2. The van der Waals surface area contributed by atoms with E-state index in [0.717, 1.165) is 24.2 Å². The smallest absolute Gasteiger partial charge is 0.227 e. The van der Waals surface area contributed by atoms with Gasteiger partial charge in [0.25, 0.3) is 0 Å². The fourth-order valence-electron chi connectivity index (χ4n) is 2.34. The average molecular weight is 308 g/mol. The molecule has 0 spiro atoms. The molecule has 3 N–H and O–H groups in total. The molecule has 1 aromatic rings. The molecule has 0 aliphatic carbocycles. The van der Waals surface area contributed by atoms with Crippen molar-refractivity contribution in [2.75, 3.05) is 26.9 Å². The molecular formula is C17H28N2O3. The van der Waals surface area contributed by atoms with Crippen molar-refractivity contribution >= 4 is 5.91 Å². The van der Waals surface area contributed by atoms with Gasteiger partial charge < -0.3 is 20.5 Å². The van der Waals surface area contributed by atoms with Gasteiger partial charge in [0.05, 0.1) is 12.0 Å². The highest BCUT2D eigenvalue weighted by molar-refractivity contribution is 5.82. The van der Waals surface area contributed by atoms with Crippen LogP contribution in [-0.2, 0) is 16.1 Å². The number of amides is 1. The molecule has 0 atom stereocenters. The van der Waals surface area contributed by atoms with Gasteiger partial charge in [-0.2, -0.15) is 0 Å². The van der Waals surface area contributed by atoms with Gasteiger partial charge in [0.2, 0.25) is 5.91 Å². The van der Waals surface area contributed by atoms with Gasteiger partial charge in [0, 0.05) is 25.8 Å². The molecule has 1 rings (SSSR count). The minimum atomic E-state index is -0.480. The maximum absolute atomic E-state index is 12.5. The molecule has 0 radical (unpaired) electrons. The van der Waals surface area contributed by atoms with E-state index in [0.29, 0.717) is 26.3 Å². The second kappa shape index (κ2) is 9.43. The predicted molar refractivity (Wildman–Crippen MR) is 87.7 cm³/mol. The summed E-state index contributed by atoms with van der Waals surface area (Å²) in [5.41, 5.74) is 6.28. The zero-order valence-corrected chi connectivity index (χ0v) is 13.9. The first-order valence-corrected chi connectivity index (χ1v) is 7.81. The van der Waals surface area contributed by atoms with E-state index >= 15 is 0 Å². The van der Waals surface area contributed by atoms with Crippen LogP contribution in [0.5, 0.6) is 5.75 Å². The van der Waals surface area contributed by atoms with Crippen LogP contribution < -0.4 is 15.8 Å². The molecule has 5 nitrogen and oxygen atoms in total. The van der Waals surface area contributed by atoms with Gasteiger partial charge in [0.15, 0.2) is 0 Å². The summed E-state index contributed by atoms with van der Waals surface area (Å²) >= 11 is 0. The molecule has 0 aliphatic heterocycles. The topological polar surface area (TPSA) is 73.6 Å². The van der Waals surface area contributed by atoms with E-state index in [1.807, 2.05) is 38.1 Å². The van der Waals surface area contributed by atoms with E-state index in [1.165, 1.54) is 0 Å². The van der Waals surface area contributed by atoms with Crippen molar-refractivity contribution in [3.8, 4) is 5.75 Å². The first-order valence-electron chi connectivity index (χ1n) is 7.81. The Morgan fingerprint density at radius 2 is 1.91 bits per heavy atom. The summed E-state index contributed by atoms with van der Waals surface area (Å²) in [7, 11) is 1.64. The first kappa shape index (κ1) is 18.5. The molecule has 22 heavy (non-hydrogen) atoms. The highest BCUT2D eigenvalue weighted by atomic mass is 16.5. The first-order chi connectivity index (χ1) is 10.6. The van der Waals surface area contributed by atoms with Crippen LogP contribution in [-0.4, -0.2) is 32.8 Å². The fraction of sp³-hybridized carbons (Fsp3) is 0.588. The minimum absolute atomic E-state index is 0.00620. The lowest BCUT2D eigenvalue weighted by Crippen LogP contribution is -2.45. The summed E-state index contributed by atoms with van der Waals surface area (Å²) in [5, 5.41) is 2.99. The summed E-state index contributed by atoms with van der Waals surface area (Å²) in [6.45, 7) is 5.80. The van der Waals surface area contributed by atoms with E-state index in [9.17, 15) is 4.79 Å². The van der Waals surface area contributed by atoms with Crippen LogP contribution in [0.2, 0.25) is 0 Å². The molecule has 124 valence electrons. The summed E-state index contributed by atoms with van der Waals surface area (Å²) in [5.74, 6) is 0.776. The molecule has 0 saturated heterocycles. The van der Waals surface area contributed by atoms with Gasteiger partial charge in [-0.15, -0.1) is 0 Å². The maximum Gasteiger partial charge on any atom is 0.227 e. The zero-order chi connectivity index (χ0) is 16.4. The number of hydrogen-bond acceptors (Lipinski definition) is 4. The number of nitrogens with two attached hydrogens (primary N) is 1. The number of carbonyl (C=O) groups is 1. The lowest BCUT2D eigenvalue weighted by atomic mass is 9.81. The van der Waals surface area contributed by atoms with E-state index in [4.69, 9.17) is 15.2 Å². The van der Waals surface area contributed by atoms with Gasteiger partial charge in [-0.05, 0) is 18.9 Å². The molecule has 1 amide bonds. The van der Waals surface area contributed by atoms with Crippen LogP contribution in [0, 0.1) is 5.41 Å². The molecule has 0 bridgehead atoms. The minimum Gasteiger partial charge on any atom is -0.491 e. The van der Waals surface area contributed by atoms with Gasteiger partial charge >= 0.3 is 0 Å². The number of ether oxygens (including phenoxy) is 2. The van der Waals surface area contributed by atoms with Crippen LogP contribution in [0.4, 0.5) is 0 Å². The fourth-order valence-corrected chi connectivity index (χ4v) is 2.34. The number of benzene rings is 1. The van der Waals surface area contributed by atoms with Crippen molar-refractivity contribution in [3.63, 3.8) is 0 Å². The summed E-state index contributed by atoms with van der Waals surface area (Å²) < 4.78 is 10.7. The van der Waals surface area contributed by atoms with Crippen LogP contribution in [0.1, 0.15) is 32.3 Å². The van der Waals surface area contributed by atoms with Gasteiger partial charge in [-0.25, -0.2) is 0 Å². The summed E-state index contributed by atoms with van der Waals surface area (Å²) in [6.07, 6.45) is 1.47. The molecule has 0 unspecified atom stereocenters. The average Bonchev–Trinajstić information content (AvgIpc) is 2.56. The van der Waals surface area contributed by atoms with Crippen LogP contribution in [0.25, 0.3) is 0 Å². The van der Waals surface area contributed by atoms with Crippen molar-refractivity contribution < 1.29 is 14.3 Å². The molecule has 5 heteroatoms. The highest BCUT2D eigenvalue weighted by Crippen LogP contribution is 2.25. The quantitative estimate of drug-likeness (QED) is 0.649. The number of nitrogens with one attached hydrogen (secondary N) is 1. The molecular weight excluding hydrogens is 280 g/mol. The van der Waals surface area contributed by atoms with E-state index in [-0.39, 0.29) is 5.91 Å². The van der Waals surface area contributed by atoms with Crippen molar-refractivity contribution in [1.82, 2.24) is 5.32 Å². The third kappa shape index (κ3) is 4.71. The Morgan fingerprint density at radius 1 is 1.23 bits per heavy atom. The zero-order valence-electron chi connectivity index (χ0n) is 13.9. The lowest BCUT2D eigenvalue weighted by molar-refractivity contribution is -0.131. The second-order valence-corrected chi connectivity index (χ2v) is 5.32. The van der Waals surface area contributed by atoms with Crippen molar-refractivity contribution in [1.29, 1.82) is 0 Å². The van der Waals surface area contributed by atoms with E-state index in [1.54, 1.807) is 7.11 Å². The number of carbonyl (C=O) groups excluding carboxylic acids is 1. The third-order valence-electron chi connectivity index (χ3n) is 4.18. The van der Waals surface area contributed by atoms with Crippen molar-refractivity contribution in [3.05, 3.63) is 29.8 Å². The Labute approximate surface area is 133 Å². The normalized spacial score (nSPS) is 11.3. The standard InChI is InChI=1S/C17H28N2O3/c1-4-17(5-2,13-18)16(20)19-12-14-8-6-7-9-15(14)22-11-10-21-3/h6-9H,4-5,10-13,18H2,1-3H3,(H,19,20). The Morgan fingerprint density at radius 3 is 2.50 bits per heavy atom. The molecule has 0 heterocycles. The molecule has 0 fully saturated rings. The molecule has 0 saturated carbocycles.